The number of rotatable bonds is 11. The van der Waals surface area contributed by atoms with Crippen LogP contribution >= 0.6 is 0 Å². The van der Waals surface area contributed by atoms with Gasteiger partial charge in [-0.3, -0.25) is 23.2 Å². The van der Waals surface area contributed by atoms with Gasteiger partial charge in [-0.2, -0.15) is 25.3 Å². The Morgan fingerprint density at radius 3 is 1.43 bits per heavy atom. The van der Waals surface area contributed by atoms with E-state index in [1.165, 1.54) is 5.32 Å². The first kappa shape index (κ1) is 26.1. The lowest BCUT2D eigenvalue weighted by molar-refractivity contribution is -0.141. The number of nitrogens with one attached hydrogen (secondary N) is 2. The summed E-state index contributed by atoms with van der Waals surface area (Å²) in [6.45, 7) is 0. The Labute approximate surface area is 158 Å². The van der Waals surface area contributed by atoms with Crippen molar-refractivity contribution in [2.24, 2.45) is 5.73 Å². The zero-order chi connectivity index (χ0) is 22.5. The molecule has 8 N–H and O–H groups in total. The standard InChI is InChI=1S/C9H17N3O13S3/c10-4(1-26(17,18)19)7(13)11-5(2-27(20,21)22)8(14)12-6(9(15)16)3-28(23,24)25/h4-6H,1-3,10H2,(H,11,13)(H,12,14)(H,15,16)(H,17,18,19)(H,20,21,22)(H,23,24,25). The first-order valence-corrected chi connectivity index (χ1v) is 11.6. The second-order valence-corrected chi connectivity index (χ2v) is 9.80. The van der Waals surface area contributed by atoms with E-state index in [0.29, 0.717) is 0 Å². The van der Waals surface area contributed by atoms with Crippen LogP contribution in [0.5, 0.6) is 0 Å². The number of carbonyl (C=O) groups is 3. The summed E-state index contributed by atoms with van der Waals surface area (Å²) in [5.74, 6) is -9.42. The average molecular weight is 471 g/mol. The van der Waals surface area contributed by atoms with E-state index in [9.17, 15) is 39.6 Å². The lowest BCUT2D eigenvalue weighted by Gasteiger charge is -2.21. The molecule has 0 aromatic carbocycles. The molecule has 3 atom stereocenters. The number of nitrogens with two attached hydrogens (primary N) is 1. The molecule has 0 aliphatic heterocycles. The molecule has 0 aromatic rings. The highest BCUT2D eigenvalue weighted by Crippen LogP contribution is 1.99. The maximum atomic E-state index is 12.0. The van der Waals surface area contributed by atoms with Crippen molar-refractivity contribution in [1.82, 2.24) is 10.6 Å². The lowest BCUT2D eigenvalue weighted by atomic mass is 10.2. The van der Waals surface area contributed by atoms with Crippen LogP contribution in [0.3, 0.4) is 0 Å². The molecular weight excluding hydrogens is 454 g/mol. The fourth-order valence-electron chi connectivity index (χ4n) is 1.63. The third-order valence-electron chi connectivity index (χ3n) is 2.73. The van der Waals surface area contributed by atoms with E-state index < -0.39 is 83.5 Å². The van der Waals surface area contributed by atoms with Crippen molar-refractivity contribution in [1.29, 1.82) is 0 Å². The molecular formula is C9H17N3O13S3. The van der Waals surface area contributed by atoms with E-state index in [1.54, 1.807) is 5.32 Å². The molecule has 0 spiro atoms. The van der Waals surface area contributed by atoms with Crippen LogP contribution in [0.4, 0.5) is 0 Å². The fourth-order valence-corrected chi connectivity index (χ4v) is 3.54. The zero-order valence-corrected chi connectivity index (χ0v) is 16.1. The van der Waals surface area contributed by atoms with Crippen LogP contribution in [0.1, 0.15) is 0 Å². The molecule has 2 amide bonds. The number of carbonyl (C=O) groups excluding carboxylic acids is 2. The van der Waals surface area contributed by atoms with Gasteiger partial charge in [-0.05, 0) is 0 Å². The van der Waals surface area contributed by atoms with E-state index in [2.05, 4.69) is 0 Å². The number of carboxylic acids is 1. The normalized spacial score (nSPS) is 15.9. The van der Waals surface area contributed by atoms with Crippen LogP contribution < -0.4 is 16.4 Å². The molecule has 164 valence electrons. The summed E-state index contributed by atoms with van der Waals surface area (Å²) in [6, 6.07) is -6.49. The average Bonchev–Trinajstić information content (AvgIpc) is 2.40. The molecule has 0 saturated heterocycles. The quantitative estimate of drug-likeness (QED) is 0.139. The topological polar surface area (TPSA) is 285 Å². The maximum Gasteiger partial charge on any atom is 0.327 e. The summed E-state index contributed by atoms with van der Waals surface area (Å²) in [7, 11) is -14.6. The fraction of sp³-hybridized carbons (Fsp3) is 0.667. The van der Waals surface area contributed by atoms with Crippen molar-refractivity contribution in [3.63, 3.8) is 0 Å². The van der Waals surface area contributed by atoms with E-state index in [4.69, 9.17) is 24.5 Å². The van der Waals surface area contributed by atoms with Crippen LogP contribution in [0.2, 0.25) is 0 Å². The van der Waals surface area contributed by atoms with E-state index in [0.717, 1.165) is 0 Å². The molecule has 0 rings (SSSR count). The highest BCUT2D eigenvalue weighted by Gasteiger charge is 2.33. The predicted octanol–water partition coefficient (Wildman–Crippen LogP) is -4.97. The Balaban J connectivity index is 5.51. The Morgan fingerprint density at radius 2 is 1.07 bits per heavy atom. The number of aliphatic carboxylic acids is 1. The van der Waals surface area contributed by atoms with Crippen molar-refractivity contribution < 1.29 is 58.4 Å². The highest BCUT2D eigenvalue weighted by molar-refractivity contribution is 7.86. The second kappa shape index (κ2) is 9.54. The van der Waals surface area contributed by atoms with Gasteiger partial charge in [0.25, 0.3) is 30.4 Å². The smallest absolute Gasteiger partial charge is 0.327 e. The molecule has 0 aromatic heterocycles. The maximum absolute atomic E-state index is 12.0. The van der Waals surface area contributed by atoms with Gasteiger partial charge in [0, 0.05) is 0 Å². The summed E-state index contributed by atoms with van der Waals surface area (Å²) in [6.07, 6.45) is 0. The number of amides is 2. The Bertz CT molecular complexity index is 924. The summed E-state index contributed by atoms with van der Waals surface area (Å²) in [5, 5.41) is 12.0. The van der Waals surface area contributed by atoms with Crippen molar-refractivity contribution in [3.05, 3.63) is 0 Å². The monoisotopic (exact) mass is 471 g/mol. The van der Waals surface area contributed by atoms with Crippen LogP contribution in [0, 0.1) is 0 Å². The van der Waals surface area contributed by atoms with Gasteiger partial charge in [-0.1, -0.05) is 0 Å². The minimum atomic E-state index is -4.97. The third kappa shape index (κ3) is 11.7. The van der Waals surface area contributed by atoms with Crippen molar-refractivity contribution in [3.8, 4) is 0 Å². The minimum Gasteiger partial charge on any atom is -0.480 e. The first-order chi connectivity index (χ1) is 12.3. The summed E-state index contributed by atoms with van der Waals surface area (Å²) >= 11 is 0. The predicted molar refractivity (Wildman–Crippen MR) is 88.7 cm³/mol. The molecule has 28 heavy (non-hydrogen) atoms. The largest absolute Gasteiger partial charge is 0.480 e. The molecule has 0 aliphatic carbocycles. The molecule has 0 radical (unpaired) electrons. The molecule has 0 aliphatic rings. The van der Waals surface area contributed by atoms with Gasteiger partial charge in [0.15, 0.2) is 0 Å². The Hall–Kier alpha value is -1.90. The van der Waals surface area contributed by atoms with Crippen LogP contribution in [0.25, 0.3) is 0 Å². The van der Waals surface area contributed by atoms with Gasteiger partial charge >= 0.3 is 5.97 Å². The summed E-state index contributed by atoms with van der Waals surface area (Å²) in [4.78, 5) is 34.7. The molecule has 19 heteroatoms. The van der Waals surface area contributed by atoms with Crippen LogP contribution in [-0.2, 0) is 44.7 Å². The lowest BCUT2D eigenvalue weighted by Crippen LogP contribution is -2.58. The van der Waals surface area contributed by atoms with Gasteiger partial charge in [-0.25, -0.2) is 4.79 Å². The van der Waals surface area contributed by atoms with Crippen LogP contribution in [0.15, 0.2) is 0 Å². The number of carboxylic acid groups (broad SMARTS) is 1. The minimum absolute atomic E-state index is 1.32. The van der Waals surface area contributed by atoms with Gasteiger partial charge in [-0.15, -0.1) is 0 Å². The SMILES string of the molecule is NC(CS(=O)(=O)O)C(=O)NC(CS(=O)(=O)O)C(=O)NC(CS(=O)(=O)O)C(=O)O. The third-order valence-corrected chi connectivity index (χ3v) is 5.02. The van der Waals surface area contributed by atoms with Crippen molar-refractivity contribution in [2.45, 2.75) is 18.1 Å². The zero-order valence-electron chi connectivity index (χ0n) is 13.6. The number of hydrogen-bond donors (Lipinski definition) is 7. The summed E-state index contributed by atoms with van der Waals surface area (Å²) < 4.78 is 90.9. The van der Waals surface area contributed by atoms with Crippen molar-refractivity contribution in [2.75, 3.05) is 17.3 Å². The van der Waals surface area contributed by atoms with Gasteiger partial charge in [0.2, 0.25) is 11.8 Å². The van der Waals surface area contributed by atoms with E-state index in [-0.39, 0.29) is 0 Å². The van der Waals surface area contributed by atoms with Gasteiger partial charge in [0.1, 0.15) is 29.6 Å². The summed E-state index contributed by atoms with van der Waals surface area (Å²) in [5.41, 5.74) is 5.15. The van der Waals surface area contributed by atoms with Crippen molar-refractivity contribution >= 4 is 48.1 Å². The molecule has 0 fully saturated rings. The van der Waals surface area contributed by atoms with Crippen LogP contribution in [-0.4, -0.2) is 97.2 Å². The molecule has 0 bridgehead atoms. The van der Waals surface area contributed by atoms with Gasteiger partial charge < -0.3 is 21.5 Å². The molecule has 0 heterocycles. The van der Waals surface area contributed by atoms with E-state index in [1.807, 2.05) is 0 Å². The second-order valence-electron chi connectivity index (χ2n) is 5.31. The molecule has 0 saturated carbocycles. The Morgan fingerprint density at radius 1 is 0.714 bits per heavy atom. The molecule has 3 unspecified atom stereocenters. The van der Waals surface area contributed by atoms with E-state index >= 15 is 0 Å². The molecule has 16 nitrogen and oxygen atoms in total. The Kier molecular flexibility index (Phi) is 8.89. The van der Waals surface area contributed by atoms with Gasteiger partial charge in [0.05, 0.1) is 5.75 Å². The number of hydrogen-bond acceptors (Lipinski definition) is 10. The first-order valence-electron chi connectivity index (χ1n) is 6.75. The highest BCUT2D eigenvalue weighted by atomic mass is 32.2.